The summed E-state index contributed by atoms with van der Waals surface area (Å²) >= 11 is 0.373. The molecule has 2 aromatic rings. The molecule has 0 aromatic heterocycles. The number of hydrazine groups is 1. The van der Waals surface area contributed by atoms with Crippen molar-refractivity contribution in [2.24, 2.45) is 0 Å². The van der Waals surface area contributed by atoms with Crippen molar-refractivity contribution < 1.29 is 23.5 Å². The van der Waals surface area contributed by atoms with E-state index in [2.05, 4.69) is 10.9 Å². The number of nitrogens with one attached hydrogen (secondary N) is 2. The van der Waals surface area contributed by atoms with Gasteiger partial charge in [0.05, 0.1) is 5.56 Å². The van der Waals surface area contributed by atoms with E-state index >= 15 is 0 Å². The van der Waals surface area contributed by atoms with Crippen LogP contribution >= 0.6 is 11.8 Å². The number of phenols is 1. The molecule has 0 saturated carbocycles. The molecule has 2 rings (SSSR count). The predicted octanol–water partition coefficient (Wildman–Crippen LogP) is 2.78. The summed E-state index contributed by atoms with van der Waals surface area (Å²) in [5.74, 6) is -4.04. The average Bonchev–Trinajstić information content (AvgIpc) is 2.53. The maximum Gasteiger partial charge on any atom is 0.288 e. The van der Waals surface area contributed by atoms with E-state index in [0.29, 0.717) is 16.7 Å². The van der Waals surface area contributed by atoms with E-state index in [1.54, 1.807) is 12.1 Å². The third-order valence-corrected chi connectivity index (χ3v) is 3.50. The molecule has 0 unspecified atom stereocenters. The molecular formula is C15H12F2N2O3S. The first-order valence-electron chi connectivity index (χ1n) is 6.41. The van der Waals surface area contributed by atoms with Crippen molar-refractivity contribution >= 4 is 23.6 Å². The number of amides is 2. The molecule has 2 amide bonds. The van der Waals surface area contributed by atoms with Crippen molar-refractivity contribution in [3.8, 4) is 5.75 Å². The van der Waals surface area contributed by atoms with Gasteiger partial charge in [0.1, 0.15) is 5.75 Å². The van der Waals surface area contributed by atoms with E-state index in [4.69, 9.17) is 0 Å². The molecular weight excluding hydrogens is 326 g/mol. The molecule has 120 valence electrons. The normalized spacial score (nSPS) is 10.4. The van der Waals surface area contributed by atoms with Gasteiger partial charge in [-0.05, 0) is 36.4 Å². The van der Waals surface area contributed by atoms with E-state index in [0.717, 1.165) is 0 Å². The standard InChI is InChI=1S/C15H12F2N2O3S/c16-15(17)23-10-7-5-9(6-8-10)13(21)18-19-14(22)11-3-1-2-4-12(11)20/h1-8,15,20H,(H,18,21)(H,19,22). The van der Waals surface area contributed by atoms with Crippen LogP contribution in [0.5, 0.6) is 5.75 Å². The lowest BCUT2D eigenvalue weighted by molar-refractivity contribution is 0.0845. The van der Waals surface area contributed by atoms with Crippen LogP contribution < -0.4 is 10.9 Å². The number of phenolic OH excluding ortho intramolecular Hbond substituents is 1. The molecule has 0 aliphatic heterocycles. The van der Waals surface area contributed by atoms with Crippen LogP contribution in [0.4, 0.5) is 8.78 Å². The fraction of sp³-hybridized carbons (Fsp3) is 0.0667. The Labute approximate surface area is 134 Å². The first-order valence-corrected chi connectivity index (χ1v) is 7.29. The lowest BCUT2D eigenvalue weighted by Crippen LogP contribution is -2.41. The smallest absolute Gasteiger partial charge is 0.288 e. The van der Waals surface area contributed by atoms with Crippen LogP contribution in [-0.4, -0.2) is 22.7 Å². The summed E-state index contributed by atoms with van der Waals surface area (Å²) in [6.45, 7) is 0. The highest BCUT2D eigenvalue weighted by Crippen LogP contribution is 2.25. The van der Waals surface area contributed by atoms with Crippen molar-refractivity contribution in [2.45, 2.75) is 10.7 Å². The number of para-hydroxylation sites is 1. The topological polar surface area (TPSA) is 78.4 Å². The highest BCUT2D eigenvalue weighted by molar-refractivity contribution is 7.99. The zero-order valence-electron chi connectivity index (χ0n) is 11.6. The Morgan fingerprint density at radius 1 is 0.957 bits per heavy atom. The highest BCUT2D eigenvalue weighted by atomic mass is 32.2. The number of aromatic hydroxyl groups is 1. The van der Waals surface area contributed by atoms with E-state index in [9.17, 15) is 23.5 Å². The Balaban J connectivity index is 1.94. The van der Waals surface area contributed by atoms with Gasteiger partial charge in [0.15, 0.2) is 0 Å². The molecule has 0 radical (unpaired) electrons. The van der Waals surface area contributed by atoms with Crippen LogP contribution in [0.25, 0.3) is 0 Å². The van der Waals surface area contributed by atoms with Gasteiger partial charge in [0.2, 0.25) is 0 Å². The number of thioether (sulfide) groups is 1. The van der Waals surface area contributed by atoms with Crippen molar-refractivity contribution in [1.29, 1.82) is 0 Å². The fourth-order valence-corrected chi connectivity index (χ4v) is 2.21. The van der Waals surface area contributed by atoms with Crippen LogP contribution in [0.3, 0.4) is 0 Å². The molecule has 0 fully saturated rings. The third kappa shape index (κ3) is 4.68. The second-order valence-electron chi connectivity index (χ2n) is 4.33. The highest BCUT2D eigenvalue weighted by Gasteiger charge is 2.12. The summed E-state index contributed by atoms with van der Waals surface area (Å²) in [5.41, 5.74) is 4.55. The maximum atomic E-state index is 12.2. The average molecular weight is 338 g/mol. The molecule has 0 aliphatic rings. The second kappa shape index (κ2) is 7.59. The van der Waals surface area contributed by atoms with E-state index in [1.165, 1.54) is 36.4 Å². The molecule has 2 aromatic carbocycles. The molecule has 0 spiro atoms. The largest absolute Gasteiger partial charge is 0.507 e. The molecule has 0 heterocycles. The molecule has 0 saturated heterocycles. The van der Waals surface area contributed by atoms with Gasteiger partial charge in [-0.1, -0.05) is 23.9 Å². The zero-order chi connectivity index (χ0) is 16.8. The van der Waals surface area contributed by atoms with E-state index < -0.39 is 17.6 Å². The van der Waals surface area contributed by atoms with Crippen LogP contribution in [-0.2, 0) is 0 Å². The molecule has 0 atom stereocenters. The zero-order valence-corrected chi connectivity index (χ0v) is 12.4. The van der Waals surface area contributed by atoms with E-state index in [1.807, 2.05) is 0 Å². The van der Waals surface area contributed by atoms with Crippen LogP contribution in [0, 0.1) is 0 Å². The number of hydrogen-bond acceptors (Lipinski definition) is 4. The van der Waals surface area contributed by atoms with Gasteiger partial charge in [0.25, 0.3) is 17.6 Å². The molecule has 0 bridgehead atoms. The summed E-state index contributed by atoms with van der Waals surface area (Å²) in [7, 11) is 0. The summed E-state index contributed by atoms with van der Waals surface area (Å²) in [6.07, 6.45) is 0. The molecule has 8 heteroatoms. The minimum atomic E-state index is -2.53. The van der Waals surface area contributed by atoms with E-state index in [-0.39, 0.29) is 16.9 Å². The summed E-state index contributed by atoms with van der Waals surface area (Å²) in [4.78, 5) is 24.0. The predicted molar refractivity (Wildman–Crippen MR) is 81.3 cm³/mol. The van der Waals surface area contributed by atoms with Gasteiger partial charge >= 0.3 is 0 Å². The quantitative estimate of drug-likeness (QED) is 0.592. The van der Waals surface area contributed by atoms with Crippen molar-refractivity contribution in [3.63, 3.8) is 0 Å². The first-order chi connectivity index (χ1) is 11.0. The van der Waals surface area contributed by atoms with Gasteiger partial charge in [-0.3, -0.25) is 20.4 Å². The molecule has 23 heavy (non-hydrogen) atoms. The summed E-state index contributed by atoms with van der Waals surface area (Å²) in [5, 5.41) is 9.53. The molecule has 5 nitrogen and oxygen atoms in total. The Hall–Kier alpha value is -2.61. The van der Waals surface area contributed by atoms with Crippen LogP contribution in [0.1, 0.15) is 20.7 Å². The second-order valence-corrected chi connectivity index (χ2v) is 5.39. The minimum Gasteiger partial charge on any atom is -0.507 e. The summed E-state index contributed by atoms with van der Waals surface area (Å²) < 4.78 is 24.4. The molecule has 3 N–H and O–H groups in total. The number of hydrogen-bond donors (Lipinski definition) is 3. The Morgan fingerprint density at radius 2 is 1.57 bits per heavy atom. The van der Waals surface area contributed by atoms with Gasteiger partial charge in [-0.25, -0.2) is 0 Å². The number of halogens is 2. The Kier molecular flexibility index (Phi) is 5.53. The number of carbonyl (C=O) groups excluding carboxylic acids is 2. The number of carbonyl (C=O) groups is 2. The van der Waals surface area contributed by atoms with Crippen LogP contribution in [0.2, 0.25) is 0 Å². The monoisotopic (exact) mass is 338 g/mol. The summed E-state index contributed by atoms with van der Waals surface area (Å²) in [6, 6.07) is 11.4. The first kappa shape index (κ1) is 16.8. The van der Waals surface area contributed by atoms with Gasteiger partial charge in [0, 0.05) is 10.5 Å². The number of benzene rings is 2. The van der Waals surface area contributed by atoms with Gasteiger partial charge in [-0.2, -0.15) is 8.78 Å². The van der Waals surface area contributed by atoms with Crippen LogP contribution in [0.15, 0.2) is 53.4 Å². The minimum absolute atomic E-state index is 0.0106. The van der Waals surface area contributed by atoms with Crippen molar-refractivity contribution in [2.75, 3.05) is 0 Å². The van der Waals surface area contributed by atoms with Crippen molar-refractivity contribution in [3.05, 3.63) is 59.7 Å². The fourth-order valence-electron chi connectivity index (χ4n) is 1.71. The van der Waals surface area contributed by atoms with Gasteiger partial charge < -0.3 is 5.11 Å². The van der Waals surface area contributed by atoms with Gasteiger partial charge in [-0.15, -0.1) is 0 Å². The number of alkyl halides is 2. The maximum absolute atomic E-state index is 12.2. The SMILES string of the molecule is O=C(NNC(=O)c1ccccc1O)c1ccc(SC(F)F)cc1. The lowest BCUT2D eigenvalue weighted by atomic mass is 10.2. The lowest BCUT2D eigenvalue weighted by Gasteiger charge is -2.09. The third-order valence-electron chi connectivity index (χ3n) is 2.78. The van der Waals surface area contributed by atoms with Crippen molar-refractivity contribution in [1.82, 2.24) is 10.9 Å². The number of rotatable bonds is 4. The Morgan fingerprint density at radius 3 is 2.17 bits per heavy atom. The molecule has 0 aliphatic carbocycles. The Bertz CT molecular complexity index is 708.